The predicted octanol–water partition coefficient (Wildman–Crippen LogP) is 6.59. The normalized spacial score (nSPS) is 26.2. The molecule has 0 bridgehead atoms. The van der Waals surface area contributed by atoms with E-state index in [1.54, 1.807) is 66.7 Å². The molecule has 10 nitrogen and oxygen atoms in total. The van der Waals surface area contributed by atoms with Gasteiger partial charge in [0.25, 0.3) is 11.8 Å². The molecule has 6 unspecified atom stereocenters. The average molecular weight is 734 g/mol. The third-order valence-corrected chi connectivity index (χ3v) is 11.6. The molecule has 3 fully saturated rings. The van der Waals surface area contributed by atoms with Gasteiger partial charge in [-0.2, -0.15) is 5.01 Å². The molecule has 8 rings (SSSR count). The number of ketones is 1. The van der Waals surface area contributed by atoms with Gasteiger partial charge in [-0.1, -0.05) is 47.5 Å². The molecule has 2 heterocycles. The molecule has 2 aliphatic heterocycles. The van der Waals surface area contributed by atoms with Crippen molar-refractivity contribution in [3.05, 3.63) is 130 Å². The molecule has 0 radical (unpaired) electrons. The minimum absolute atomic E-state index is 0.0269. The SMILES string of the molecule is COc1cccc(C2C3=CCC4C(=O)N(c5ccc(C(C)=O)cc5)C(=O)C4C3CC3C(=O)N(Nc4ccc(F)cc4)C(=O)C32c2ccc(Cl)cc2)c1O. The van der Waals surface area contributed by atoms with Crippen LogP contribution in [0.4, 0.5) is 15.8 Å². The molecule has 4 aromatic carbocycles. The van der Waals surface area contributed by atoms with Crippen LogP contribution in [0.2, 0.25) is 5.02 Å². The number of carbonyl (C=O) groups is 5. The van der Waals surface area contributed by atoms with E-state index in [4.69, 9.17) is 16.3 Å². The summed E-state index contributed by atoms with van der Waals surface area (Å²) in [5, 5.41) is 13.1. The van der Waals surface area contributed by atoms with Crippen LogP contribution in [0, 0.1) is 29.5 Å². The van der Waals surface area contributed by atoms with Crippen LogP contribution in [-0.4, -0.2) is 46.6 Å². The van der Waals surface area contributed by atoms with E-state index in [0.29, 0.717) is 38.7 Å². The molecule has 4 aromatic rings. The molecule has 0 aromatic heterocycles. The van der Waals surface area contributed by atoms with Crippen molar-refractivity contribution >= 4 is 52.4 Å². The zero-order chi connectivity index (χ0) is 37.3. The lowest BCUT2D eigenvalue weighted by molar-refractivity contribution is -0.138. The summed E-state index contributed by atoms with van der Waals surface area (Å²) in [4.78, 5) is 71.7. The van der Waals surface area contributed by atoms with E-state index in [1.807, 2.05) is 6.08 Å². The first-order valence-electron chi connectivity index (χ1n) is 17.2. The third kappa shape index (κ3) is 5.08. The number of fused-ring (bicyclic) bond motifs is 4. The van der Waals surface area contributed by atoms with Crippen LogP contribution in [0.1, 0.15) is 47.2 Å². The van der Waals surface area contributed by atoms with Gasteiger partial charge in [-0.3, -0.25) is 34.3 Å². The Morgan fingerprint density at radius 1 is 0.906 bits per heavy atom. The van der Waals surface area contributed by atoms with Crippen LogP contribution >= 0.6 is 11.6 Å². The van der Waals surface area contributed by atoms with Crippen molar-refractivity contribution in [1.82, 2.24) is 5.01 Å². The number of methoxy groups -OCH3 is 1. The van der Waals surface area contributed by atoms with E-state index in [-0.39, 0.29) is 30.1 Å². The summed E-state index contributed by atoms with van der Waals surface area (Å²) >= 11 is 6.35. The van der Waals surface area contributed by atoms with Gasteiger partial charge in [0.15, 0.2) is 17.3 Å². The van der Waals surface area contributed by atoms with E-state index in [9.17, 15) is 28.7 Å². The van der Waals surface area contributed by atoms with E-state index >= 15 is 4.79 Å². The molecule has 1 saturated carbocycles. The highest BCUT2D eigenvalue weighted by Gasteiger charge is 2.70. The fourth-order valence-electron chi connectivity index (χ4n) is 9.04. The first-order chi connectivity index (χ1) is 25.5. The zero-order valence-electron chi connectivity index (χ0n) is 28.6. The molecule has 2 saturated heterocycles. The highest BCUT2D eigenvalue weighted by molar-refractivity contribution is 6.30. The van der Waals surface area contributed by atoms with Gasteiger partial charge in [0.2, 0.25) is 11.8 Å². The summed E-state index contributed by atoms with van der Waals surface area (Å²) in [6, 6.07) is 23.1. The van der Waals surface area contributed by atoms with Crippen molar-refractivity contribution in [3.8, 4) is 11.5 Å². The van der Waals surface area contributed by atoms with Crippen LogP contribution in [0.25, 0.3) is 0 Å². The van der Waals surface area contributed by atoms with Crippen LogP contribution in [0.15, 0.2) is 103 Å². The minimum Gasteiger partial charge on any atom is -0.504 e. The highest BCUT2D eigenvalue weighted by Crippen LogP contribution is 2.65. The molecular formula is C41H33ClFN3O7. The van der Waals surface area contributed by atoms with Gasteiger partial charge in [0.05, 0.1) is 41.7 Å². The van der Waals surface area contributed by atoms with Gasteiger partial charge in [-0.25, -0.2) is 4.39 Å². The average Bonchev–Trinajstić information content (AvgIpc) is 3.53. The fourth-order valence-corrected chi connectivity index (χ4v) is 9.16. The van der Waals surface area contributed by atoms with Crippen molar-refractivity contribution in [1.29, 1.82) is 0 Å². The number of phenols is 1. The number of para-hydroxylation sites is 1. The summed E-state index contributed by atoms with van der Waals surface area (Å²) in [6.45, 7) is 1.43. The number of halogens is 2. The molecule has 6 atom stereocenters. The van der Waals surface area contributed by atoms with Gasteiger partial charge in [0.1, 0.15) is 5.82 Å². The summed E-state index contributed by atoms with van der Waals surface area (Å²) in [6.07, 6.45) is 2.08. The second-order valence-electron chi connectivity index (χ2n) is 13.9. The lowest BCUT2D eigenvalue weighted by atomic mass is 9.49. The van der Waals surface area contributed by atoms with Crippen LogP contribution in [0.5, 0.6) is 11.5 Å². The summed E-state index contributed by atoms with van der Waals surface area (Å²) in [5.41, 5.74) is 3.70. The van der Waals surface area contributed by atoms with E-state index in [2.05, 4.69) is 5.43 Å². The number of rotatable bonds is 7. The van der Waals surface area contributed by atoms with Gasteiger partial charge in [-0.15, -0.1) is 0 Å². The maximum absolute atomic E-state index is 15.3. The van der Waals surface area contributed by atoms with Crippen molar-refractivity contribution in [3.63, 3.8) is 0 Å². The number of ether oxygens (including phenoxy) is 1. The largest absolute Gasteiger partial charge is 0.504 e. The van der Waals surface area contributed by atoms with Crippen molar-refractivity contribution in [2.75, 3.05) is 17.4 Å². The number of aromatic hydroxyl groups is 1. The number of nitrogens with zero attached hydrogens (tertiary/aromatic N) is 2. The Bertz CT molecular complexity index is 2240. The molecule has 268 valence electrons. The van der Waals surface area contributed by atoms with Crippen LogP contribution < -0.4 is 15.1 Å². The molecule has 2 N–H and O–H groups in total. The zero-order valence-corrected chi connectivity index (χ0v) is 29.3. The van der Waals surface area contributed by atoms with Crippen molar-refractivity contribution < 1.29 is 38.2 Å². The number of imide groups is 2. The van der Waals surface area contributed by atoms with E-state index in [1.165, 1.54) is 38.3 Å². The number of benzene rings is 4. The summed E-state index contributed by atoms with van der Waals surface area (Å²) < 4.78 is 19.4. The first kappa shape index (κ1) is 34.3. The second-order valence-corrected chi connectivity index (χ2v) is 14.3. The molecular weight excluding hydrogens is 701 g/mol. The Kier molecular flexibility index (Phi) is 8.21. The number of anilines is 2. The molecule has 4 amide bonds. The third-order valence-electron chi connectivity index (χ3n) is 11.3. The molecule has 12 heteroatoms. The Labute approximate surface area is 308 Å². The fraction of sp³-hybridized carbons (Fsp3) is 0.244. The first-order valence-corrected chi connectivity index (χ1v) is 17.6. The number of carbonyl (C=O) groups excluding carboxylic acids is 5. The quantitative estimate of drug-likeness (QED) is 0.124. The lowest BCUT2D eigenvalue weighted by Gasteiger charge is -2.50. The van der Waals surface area contributed by atoms with Gasteiger partial charge in [0, 0.05) is 22.1 Å². The lowest BCUT2D eigenvalue weighted by Crippen LogP contribution is -2.53. The smallest absolute Gasteiger partial charge is 0.260 e. The van der Waals surface area contributed by atoms with Gasteiger partial charge in [-0.05, 0) is 98.0 Å². The predicted molar refractivity (Wildman–Crippen MR) is 193 cm³/mol. The van der Waals surface area contributed by atoms with Crippen LogP contribution in [0.3, 0.4) is 0 Å². The molecule has 0 spiro atoms. The van der Waals surface area contributed by atoms with E-state index in [0.717, 1.165) is 9.91 Å². The Morgan fingerprint density at radius 3 is 2.26 bits per heavy atom. The molecule has 4 aliphatic rings. The molecule has 53 heavy (non-hydrogen) atoms. The highest BCUT2D eigenvalue weighted by atomic mass is 35.5. The number of amides is 4. The Hall–Kier alpha value is -5.81. The van der Waals surface area contributed by atoms with Crippen molar-refractivity contribution in [2.45, 2.75) is 31.1 Å². The van der Waals surface area contributed by atoms with Crippen molar-refractivity contribution in [2.24, 2.45) is 23.7 Å². The number of allylic oxidation sites excluding steroid dienone is 2. The maximum atomic E-state index is 15.3. The number of hydrazine groups is 1. The standard InChI is InChI=1S/C41H33ClFN3O7/c1-21(47)22-6-16-27(17-7-22)45-37(49)29-19-18-28-31(34(29)39(45)51)20-32-38(50)46(44-26-14-12-25(43)13-15-26)40(52)41(32,23-8-10-24(42)11-9-23)35(28)30-4-3-5-33(53-2)36(30)48/h3-18,29,31-32,34-35,44,48H,19-20H2,1-2H3. The number of hydrogen-bond acceptors (Lipinski definition) is 8. The second kappa shape index (κ2) is 12.7. The van der Waals surface area contributed by atoms with Gasteiger partial charge < -0.3 is 9.84 Å². The number of hydrogen-bond donors (Lipinski definition) is 2. The van der Waals surface area contributed by atoms with E-state index < -0.39 is 64.5 Å². The maximum Gasteiger partial charge on any atom is 0.260 e. The molecule has 2 aliphatic carbocycles. The minimum atomic E-state index is -1.67. The summed E-state index contributed by atoms with van der Waals surface area (Å²) in [5.74, 6) is -7.20. The Morgan fingerprint density at radius 2 is 1.60 bits per heavy atom. The summed E-state index contributed by atoms with van der Waals surface area (Å²) in [7, 11) is 1.41. The Balaban J connectivity index is 1.32. The van der Waals surface area contributed by atoms with Gasteiger partial charge >= 0.3 is 0 Å². The topological polar surface area (TPSA) is 133 Å². The number of Topliss-reactive ketones (excluding diaryl/α,β-unsaturated/α-hetero) is 1. The number of phenolic OH excluding ortho intramolecular Hbond substituents is 1. The number of nitrogens with one attached hydrogen (secondary N) is 1. The van der Waals surface area contributed by atoms with Crippen LogP contribution in [-0.2, 0) is 24.6 Å². The monoisotopic (exact) mass is 733 g/mol.